The number of rotatable bonds is 8. The molecule has 1 aromatic heterocycles. The van der Waals surface area contributed by atoms with Crippen molar-refractivity contribution in [2.45, 2.75) is 30.5 Å². The lowest BCUT2D eigenvalue weighted by Gasteiger charge is -2.32. The number of benzene rings is 2. The summed E-state index contributed by atoms with van der Waals surface area (Å²) in [5.74, 6) is 0.714. The molecule has 2 N–H and O–H groups in total. The molecule has 2 aromatic carbocycles. The first kappa shape index (κ1) is 25.3. The molecule has 190 valence electrons. The fourth-order valence-corrected chi connectivity index (χ4v) is 7.10. The van der Waals surface area contributed by atoms with Crippen molar-refractivity contribution in [3.05, 3.63) is 101 Å². The molecule has 2 aliphatic heterocycles. The van der Waals surface area contributed by atoms with Crippen molar-refractivity contribution >= 4 is 28.6 Å². The molecule has 0 bridgehead atoms. The third-order valence-electron chi connectivity index (χ3n) is 6.74. The minimum absolute atomic E-state index is 0.0177. The van der Waals surface area contributed by atoms with Gasteiger partial charge in [0.25, 0.3) is 0 Å². The molecule has 0 unspecified atom stereocenters. The summed E-state index contributed by atoms with van der Waals surface area (Å²) in [5, 5.41) is 19.9. The molecule has 0 aliphatic carbocycles. The van der Waals surface area contributed by atoms with Crippen LogP contribution in [0.3, 0.4) is 0 Å². The SMILES string of the molecule is O=S1(=O)CC(COc2ccccc2)=C2[C@@H](CC/C(=C/c3ccccc3O)c3ccccn3)OB(O)C[C@@H]21. The number of hydrogen-bond donors (Lipinski definition) is 2. The molecule has 7 nitrogen and oxygen atoms in total. The van der Waals surface area contributed by atoms with E-state index in [1.54, 1.807) is 18.3 Å². The second-order valence-electron chi connectivity index (χ2n) is 9.25. The van der Waals surface area contributed by atoms with E-state index in [0.29, 0.717) is 35.3 Å². The van der Waals surface area contributed by atoms with Crippen LogP contribution in [0.1, 0.15) is 24.1 Å². The van der Waals surface area contributed by atoms with Gasteiger partial charge in [0.05, 0.1) is 22.8 Å². The summed E-state index contributed by atoms with van der Waals surface area (Å²) in [5.41, 5.74) is 3.66. The maximum Gasteiger partial charge on any atom is 0.456 e. The fraction of sp³-hybridized carbons (Fsp3) is 0.250. The Kier molecular flexibility index (Phi) is 7.46. The van der Waals surface area contributed by atoms with Gasteiger partial charge in [-0.1, -0.05) is 42.5 Å². The minimum Gasteiger partial charge on any atom is -0.507 e. The molecule has 2 atom stereocenters. The highest BCUT2D eigenvalue weighted by Crippen LogP contribution is 2.40. The van der Waals surface area contributed by atoms with Gasteiger partial charge < -0.3 is 19.5 Å². The molecule has 0 saturated carbocycles. The lowest BCUT2D eigenvalue weighted by molar-refractivity contribution is 0.170. The molecule has 0 spiro atoms. The molecule has 1 saturated heterocycles. The maximum absolute atomic E-state index is 13.0. The molecule has 37 heavy (non-hydrogen) atoms. The van der Waals surface area contributed by atoms with Gasteiger partial charge in [-0.15, -0.1) is 0 Å². The summed E-state index contributed by atoms with van der Waals surface area (Å²) < 4.78 is 37.9. The number of allylic oxidation sites excluding steroid dienone is 1. The fourth-order valence-electron chi connectivity index (χ4n) is 5.00. The van der Waals surface area contributed by atoms with Crippen molar-refractivity contribution in [3.8, 4) is 11.5 Å². The Bertz CT molecular complexity index is 1410. The minimum atomic E-state index is -3.47. The number of sulfone groups is 1. The zero-order valence-corrected chi connectivity index (χ0v) is 21.0. The van der Waals surface area contributed by atoms with Gasteiger partial charge in [0.1, 0.15) is 18.1 Å². The van der Waals surface area contributed by atoms with E-state index < -0.39 is 28.3 Å². The van der Waals surface area contributed by atoms with Gasteiger partial charge in [0.15, 0.2) is 9.84 Å². The molecular weight excluding hydrogens is 489 g/mol. The Morgan fingerprint density at radius 3 is 2.59 bits per heavy atom. The summed E-state index contributed by atoms with van der Waals surface area (Å²) in [7, 11) is -4.63. The number of pyridine rings is 1. The predicted octanol–water partition coefficient (Wildman–Crippen LogP) is 4.16. The van der Waals surface area contributed by atoms with Crippen LogP contribution in [0, 0.1) is 0 Å². The zero-order valence-electron chi connectivity index (χ0n) is 20.2. The van der Waals surface area contributed by atoms with E-state index in [1.165, 1.54) is 0 Å². The Morgan fingerprint density at radius 2 is 1.84 bits per heavy atom. The van der Waals surface area contributed by atoms with Crippen LogP contribution in [0.5, 0.6) is 11.5 Å². The first-order valence-electron chi connectivity index (χ1n) is 12.3. The van der Waals surface area contributed by atoms with Gasteiger partial charge in [-0.3, -0.25) is 4.98 Å². The number of hydrogen-bond acceptors (Lipinski definition) is 7. The molecule has 3 aromatic rings. The maximum atomic E-state index is 13.0. The van der Waals surface area contributed by atoms with Crippen LogP contribution in [0.15, 0.2) is 90.1 Å². The third kappa shape index (κ3) is 5.79. The number of para-hydroxylation sites is 2. The Balaban J connectivity index is 1.44. The normalized spacial score (nSPS) is 21.1. The Hall–Kier alpha value is -3.40. The standard InChI is InChI=1S/C28H28BNO6S/c31-25-12-5-4-8-21(25)16-20(24-11-6-7-15-30-24)13-14-26-28-22(18-35-23-9-2-1-3-10-23)19-37(33,34)27(28)17-29(32)36-26/h1-12,15-16,26-27,31-32H,13-14,17-19H2/b20-16-/t26-,27+/m1/s1. The smallest absolute Gasteiger partial charge is 0.456 e. The van der Waals surface area contributed by atoms with Crippen molar-refractivity contribution in [3.63, 3.8) is 0 Å². The molecule has 0 amide bonds. The number of aromatic hydroxyl groups is 1. The molecule has 5 rings (SSSR count). The van der Waals surface area contributed by atoms with E-state index in [4.69, 9.17) is 9.39 Å². The van der Waals surface area contributed by atoms with Crippen LogP contribution >= 0.6 is 0 Å². The number of fused-ring (bicyclic) bond motifs is 1. The van der Waals surface area contributed by atoms with Crippen LogP contribution in [0.4, 0.5) is 0 Å². The Morgan fingerprint density at radius 1 is 1.08 bits per heavy atom. The van der Waals surface area contributed by atoms with E-state index in [-0.39, 0.29) is 24.4 Å². The second-order valence-corrected chi connectivity index (χ2v) is 11.4. The highest BCUT2D eigenvalue weighted by atomic mass is 32.2. The van der Waals surface area contributed by atoms with E-state index >= 15 is 0 Å². The van der Waals surface area contributed by atoms with Crippen molar-refractivity contribution in [1.82, 2.24) is 4.98 Å². The van der Waals surface area contributed by atoms with Gasteiger partial charge in [-0.2, -0.15) is 0 Å². The van der Waals surface area contributed by atoms with Gasteiger partial charge >= 0.3 is 7.12 Å². The van der Waals surface area contributed by atoms with Crippen LogP contribution in [0.25, 0.3) is 11.6 Å². The first-order chi connectivity index (χ1) is 17.9. The number of aromatic nitrogens is 1. The Labute approximate surface area is 217 Å². The van der Waals surface area contributed by atoms with Gasteiger partial charge in [-0.25, -0.2) is 8.42 Å². The number of ether oxygens (including phenoxy) is 1. The highest BCUT2D eigenvalue weighted by molar-refractivity contribution is 7.92. The van der Waals surface area contributed by atoms with E-state index in [1.807, 2.05) is 66.7 Å². The summed E-state index contributed by atoms with van der Waals surface area (Å²) >= 11 is 0. The topological polar surface area (TPSA) is 106 Å². The lowest BCUT2D eigenvalue weighted by atomic mass is 9.74. The van der Waals surface area contributed by atoms with Crippen LogP contribution in [-0.2, 0) is 14.5 Å². The lowest BCUT2D eigenvalue weighted by Crippen LogP contribution is -2.42. The quantitative estimate of drug-likeness (QED) is 0.342. The second kappa shape index (κ2) is 10.9. The molecule has 0 radical (unpaired) electrons. The number of phenols is 1. The summed E-state index contributed by atoms with van der Waals surface area (Å²) in [6, 6.07) is 21.9. The summed E-state index contributed by atoms with van der Waals surface area (Å²) in [6.45, 7) is 0.145. The van der Waals surface area contributed by atoms with Crippen molar-refractivity contribution in [1.29, 1.82) is 0 Å². The molecule has 3 heterocycles. The van der Waals surface area contributed by atoms with Crippen molar-refractivity contribution in [2.75, 3.05) is 12.4 Å². The van der Waals surface area contributed by atoms with E-state index in [9.17, 15) is 18.5 Å². The monoisotopic (exact) mass is 517 g/mol. The van der Waals surface area contributed by atoms with Crippen LogP contribution in [-0.4, -0.2) is 54.4 Å². The average Bonchev–Trinajstić information content (AvgIpc) is 3.16. The molecular formula is C28H28BNO6S. The van der Waals surface area contributed by atoms with E-state index in [2.05, 4.69) is 4.98 Å². The van der Waals surface area contributed by atoms with Gasteiger partial charge in [0, 0.05) is 18.1 Å². The van der Waals surface area contributed by atoms with Crippen LogP contribution in [0.2, 0.25) is 6.32 Å². The van der Waals surface area contributed by atoms with Gasteiger partial charge in [-0.05, 0) is 66.0 Å². The third-order valence-corrected chi connectivity index (χ3v) is 8.80. The summed E-state index contributed by atoms with van der Waals surface area (Å²) in [6.07, 6.45) is 3.94. The van der Waals surface area contributed by atoms with Crippen LogP contribution < -0.4 is 4.74 Å². The molecule has 1 fully saturated rings. The predicted molar refractivity (Wildman–Crippen MR) is 144 cm³/mol. The largest absolute Gasteiger partial charge is 0.507 e. The first-order valence-corrected chi connectivity index (χ1v) is 14.0. The molecule has 2 aliphatic rings. The zero-order chi connectivity index (χ0) is 25.8. The van der Waals surface area contributed by atoms with Gasteiger partial charge in [0.2, 0.25) is 0 Å². The van der Waals surface area contributed by atoms with E-state index in [0.717, 1.165) is 11.3 Å². The van der Waals surface area contributed by atoms with Crippen molar-refractivity contribution in [2.24, 2.45) is 0 Å². The highest BCUT2D eigenvalue weighted by Gasteiger charge is 2.48. The number of nitrogens with zero attached hydrogens (tertiary/aromatic N) is 1. The summed E-state index contributed by atoms with van der Waals surface area (Å²) in [4.78, 5) is 4.48. The van der Waals surface area contributed by atoms with Crippen molar-refractivity contribution < 1.29 is 27.9 Å². The molecule has 9 heteroatoms. The number of phenolic OH excluding ortho intramolecular Hbond substituents is 1. The average molecular weight is 517 g/mol.